The lowest BCUT2D eigenvalue weighted by Gasteiger charge is -2.28. The Hall–Kier alpha value is -0.780. The van der Waals surface area contributed by atoms with Gasteiger partial charge in [0.1, 0.15) is 5.75 Å². The minimum absolute atomic E-state index is 0. The van der Waals surface area contributed by atoms with Crippen LogP contribution in [0.5, 0.6) is 5.75 Å². The number of methoxy groups -OCH3 is 1. The number of nitrogens with zero attached hydrogens (tertiary/aromatic N) is 1. The van der Waals surface area contributed by atoms with Gasteiger partial charge in [-0.05, 0) is 59.4 Å². The molecule has 1 fully saturated rings. The number of halogens is 2. The molecule has 0 aliphatic carbocycles. The third-order valence-electron chi connectivity index (χ3n) is 4.10. The maximum Gasteiger partial charge on any atom is 0.223 e. The van der Waals surface area contributed by atoms with Gasteiger partial charge in [0.2, 0.25) is 5.91 Å². The summed E-state index contributed by atoms with van der Waals surface area (Å²) in [5.41, 5.74) is 1.15. The number of hydrogen-bond donors (Lipinski definition) is 1. The molecule has 0 saturated carbocycles. The van der Waals surface area contributed by atoms with Crippen molar-refractivity contribution in [1.29, 1.82) is 0 Å². The summed E-state index contributed by atoms with van der Waals surface area (Å²) < 4.78 is 6.17. The predicted octanol–water partition coefficient (Wildman–Crippen LogP) is 3.41. The molecule has 1 heterocycles. The van der Waals surface area contributed by atoms with E-state index in [1.165, 1.54) is 0 Å². The standard InChI is InChI=1S/C17H25BrN2O2.ClH/c1-3-10-20(14-8-9-19-12-14)17(21)7-5-13-4-6-16(22-2)15(18)11-13;/h4,6,11,14,19H,3,5,7-10,12H2,1-2H3;1H. The molecule has 6 heteroatoms. The summed E-state index contributed by atoms with van der Waals surface area (Å²) in [6.07, 6.45) is 3.41. The van der Waals surface area contributed by atoms with Crippen molar-refractivity contribution in [2.24, 2.45) is 0 Å². The first-order valence-electron chi connectivity index (χ1n) is 7.98. The van der Waals surface area contributed by atoms with E-state index in [9.17, 15) is 4.79 Å². The summed E-state index contributed by atoms with van der Waals surface area (Å²) in [5.74, 6) is 1.09. The van der Waals surface area contributed by atoms with Gasteiger partial charge in [-0.1, -0.05) is 13.0 Å². The SMILES string of the molecule is CCCN(C(=O)CCc1ccc(OC)c(Br)c1)C1CCNC1.Cl. The molecule has 4 nitrogen and oxygen atoms in total. The van der Waals surface area contributed by atoms with Crippen LogP contribution in [-0.4, -0.2) is 43.6 Å². The number of ether oxygens (including phenoxy) is 1. The number of carbonyl (C=O) groups excluding carboxylic acids is 1. The Balaban J connectivity index is 0.00000264. The second-order valence-electron chi connectivity index (χ2n) is 5.70. The fraction of sp³-hybridized carbons (Fsp3) is 0.588. The number of hydrogen-bond acceptors (Lipinski definition) is 3. The van der Waals surface area contributed by atoms with Crippen molar-refractivity contribution in [3.8, 4) is 5.75 Å². The summed E-state index contributed by atoms with van der Waals surface area (Å²) in [6.45, 7) is 4.93. The van der Waals surface area contributed by atoms with E-state index in [1.807, 2.05) is 18.2 Å². The molecule has 1 aliphatic heterocycles. The van der Waals surface area contributed by atoms with Crippen LogP contribution >= 0.6 is 28.3 Å². The number of aryl methyl sites for hydroxylation is 1. The van der Waals surface area contributed by atoms with Gasteiger partial charge in [-0.15, -0.1) is 12.4 Å². The van der Waals surface area contributed by atoms with Gasteiger partial charge in [-0.2, -0.15) is 0 Å². The highest BCUT2D eigenvalue weighted by atomic mass is 79.9. The van der Waals surface area contributed by atoms with Gasteiger partial charge >= 0.3 is 0 Å². The molecule has 23 heavy (non-hydrogen) atoms. The molecule has 1 N–H and O–H groups in total. The zero-order valence-corrected chi connectivity index (χ0v) is 16.2. The Morgan fingerprint density at radius 2 is 2.26 bits per heavy atom. The second kappa shape index (κ2) is 10.2. The molecule has 1 saturated heterocycles. The maximum atomic E-state index is 12.6. The fourth-order valence-electron chi connectivity index (χ4n) is 2.92. The van der Waals surface area contributed by atoms with Crippen LogP contribution < -0.4 is 10.1 Å². The number of rotatable bonds is 7. The van der Waals surface area contributed by atoms with E-state index >= 15 is 0 Å². The zero-order valence-electron chi connectivity index (χ0n) is 13.8. The van der Waals surface area contributed by atoms with E-state index in [4.69, 9.17) is 4.74 Å². The van der Waals surface area contributed by atoms with Crippen LogP contribution in [0.2, 0.25) is 0 Å². The Labute approximate surface area is 153 Å². The van der Waals surface area contributed by atoms with E-state index in [0.29, 0.717) is 12.5 Å². The van der Waals surface area contributed by atoms with E-state index < -0.39 is 0 Å². The van der Waals surface area contributed by atoms with E-state index in [0.717, 1.165) is 54.7 Å². The highest BCUT2D eigenvalue weighted by Crippen LogP contribution is 2.26. The molecule has 0 bridgehead atoms. The molecular weight excluding hydrogens is 380 g/mol. The van der Waals surface area contributed by atoms with Gasteiger partial charge in [0.15, 0.2) is 0 Å². The Bertz CT molecular complexity index is 507. The molecule has 1 aliphatic rings. The van der Waals surface area contributed by atoms with Crippen molar-refractivity contribution in [2.75, 3.05) is 26.7 Å². The average Bonchev–Trinajstić information content (AvgIpc) is 3.04. The Kier molecular flexibility index (Phi) is 8.95. The molecule has 0 spiro atoms. The van der Waals surface area contributed by atoms with Crippen molar-refractivity contribution in [1.82, 2.24) is 10.2 Å². The van der Waals surface area contributed by atoms with Gasteiger partial charge in [-0.3, -0.25) is 4.79 Å². The Morgan fingerprint density at radius 1 is 1.48 bits per heavy atom. The van der Waals surface area contributed by atoms with Crippen LogP contribution in [0.25, 0.3) is 0 Å². The van der Waals surface area contributed by atoms with Crippen molar-refractivity contribution in [3.05, 3.63) is 28.2 Å². The first-order chi connectivity index (χ1) is 10.7. The molecule has 1 aromatic carbocycles. The normalized spacial score (nSPS) is 16.7. The minimum atomic E-state index is 0. The monoisotopic (exact) mass is 404 g/mol. The maximum absolute atomic E-state index is 12.6. The third kappa shape index (κ3) is 5.66. The van der Waals surface area contributed by atoms with Crippen LogP contribution in [0, 0.1) is 0 Å². The van der Waals surface area contributed by atoms with Gasteiger partial charge in [0, 0.05) is 25.6 Å². The van der Waals surface area contributed by atoms with Gasteiger partial charge in [0.05, 0.1) is 11.6 Å². The fourth-order valence-corrected chi connectivity index (χ4v) is 3.51. The smallest absolute Gasteiger partial charge is 0.223 e. The van der Waals surface area contributed by atoms with E-state index in [2.05, 4.69) is 33.1 Å². The second-order valence-corrected chi connectivity index (χ2v) is 6.56. The predicted molar refractivity (Wildman–Crippen MR) is 99.5 cm³/mol. The summed E-state index contributed by atoms with van der Waals surface area (Å²) in [7, 11) is 1.65. The highest BCUT2D eigenvalue weighted by Gasteiger charge is 2.25. The van der Waals surface area contributed by atoms with Crippen molar-refractivity contribution >= 4 is 34.2 Å². The largest absolute Gasteiger partial charge is 0.496 e. The van der Waals surface area contributed by atoms with Crippen LogP contribution in [0.3, 0.4) is 0 Å². The van der Waals surface area contributed by atoms with Crippen molar-refractivity contribution in [3.63, 3.8) is 0 Å². The van der Waals surface area contributed by atoms with E-state index in [-0.39, 0.29) is 18.3 Å². The molecule has 1 amide bonds. The lowest BCUT2D eigenvalue weighted by molar-refractivity contribution is -0.133. The van der Waals surface area contributed by atoms with Gasteiger partial charge < -0.3 is 15.0 Å². The first kappa shape index (κ1) is 20.3. The van der Waals surface area contributed by atoms with E-state index in [1.54, 1.807) is 7.11 Å². The highest BCUT2D eigenvalue weighted by molar-refractivity contribution is 9.10. The number of amides is 1. The molecule has 2 rings (SSSR count). The number of nitrogens with one attached hydrogen (secondary N) is 1. The third-order valence-corrected chi connectivity index (χ3v) is 4.72. The van der Waals surface area contributed by atoms with Crippen LogP contribution in [0.4, 0.5) is 0 Å². The van der Waals surface area contributed by atoms with Gasteiger partial charge in [-0.25, -0.2) is 0 Å². The number of carbonyl (C=O) groups is 1. The summed E-state index contributed by atoms with van der Waals surface area (Å²) in [4.78, 5) is 14.6. The molecule has 1 atom stereocenters. The van der Waals surface area contributed by atoms with Crippen LogP contribution in [0.15, 0.2) is 22.7 Å². The molecule has 1 aromatic rings. The topological polar surface area (TPSA) is 41.6 Å². The summed E-state index contributed by atoms with van der Waals surface area (Å²) in [5, 5.41) is 3.35. The zero-order chi connectivity index (χ0) is 15.9. The quantitative estimate of drug-likeness (QED) is 0.756. The molecule has 0 radical (unpaired) electrons. The van der Waals surface area contributed by atoms with Crippen molar-refractivity contribution in [2.45, 2.75) is 38.6 Å². The summed E-state index contributed by atoms with van der Waals surface area (Å²) >= 11 is 3.49. The van der Waals surface area contributed by atoms with Crippen LogP contribution in [0.1, 0.15) is 31.7 Å². The van der Waals surface area contributed by atoms with Crippen molar-refractivity contribution < 1.29 is 9.53 Å². The molecule has 0 aromatic heterocycles. The first-order valence-corrected chi connectivity index (χ1v) is 8.77. The van der Waals surface area contributed by atoms with Gasteiger partial charge in [0.25, 0.3) is 0 Å². The average molecular weight is 406 g/mol. The Morgan fingerprint density at radius 3 is 2.83 bits per heavy atom. The molecule has 1 unspecified atom stereocenters. The molecular formula is C17H26BrClN2O2. The number of benzene rings is 1. The van der Waals surface area contributed by atoms with Crippen LogP contribution in [-0.2, 0) is 11.2 Å². The lowest BCUT2D eigenvalue weighted by Crippen LogP contribution is -2.42. The minimum Gasteiger partial charge on any atom is -0.496 e. The molecule has 130 valence electrons. The summed E-state index contributed by atoms with van der Waals surface area (Å²) in [6, 6.07) is 6.37. The lowest BCUT2D eigenvalue weighted by atomic mass is 10.1.